The first-order chi connectivity index (χ1) is 12.1. The predicted octanol–water partition coefficient (Wildman–Crippen LogP) is 4.34. The summed E-state index contributed by atoms with van der Waals surface area (Å²) < 4.78 is 5.43. The number of carbonyl (C=O) groups is 2. The second-order valence-electron chi connectivity index (χ2n) is 7.13. The molecule has 1 aliphatic carbocycles. The first-order valence-electron chi connectivity index (χ1n) is 8.87. The first-order valence-corrected chi connectivity index (χ1v) is 8.87. The zero-order chi connectivity index (χ0) is 17.8. The minimum atomic E-state index is -0.716. The molecule has 0 heterocycles. The zero-order valence-electron chi connectivity index (χ0n) is 14.7. The molecule has 3 atom stereocenters. The van der Waals surface area contributed by atoms with Crippen molar-refractivity contribution in [2.75, 3.05) is 6.61 Å². The zero-order valence-corrected chi connectivity index (χ0v) is 14.7. The Labute approximate surface area is 149 Å². The quantitative estimate of drug-likeness (QED) is 0.602. The van der Waals surface area contributed by atoms with E-state index in [1.165, 1.54) is 0 Å². The monoisotopic (exact) mass is 336 g/mol. The van der Waals surface area contributed by atoms with Gasteiger partial charge in [0.2, 0.25) is 0 Å². The van der Waals surface area contributed by atoms with Crippen LogP contribution in [0.4, 0.5) is 0 Å². The lowest BCUT2D eigenvalue weighted by atomic mass is 9.80. The van der Waals surface area contributed by atoms with E-state index in [0.717, 1.165) is 11.1 Å². The summed E-state index contributed by atoms with van der Waals surface area (Å²) in [7, 11) is 0. The number of ether oxygens (including phenoxy) is 1. The number of rotatable bonds is 5. The number of Topliss-reactive ketones (excluding diaryl/α,β-unsaturated/α-hetero) is 1. The van der Waals surface area contributed by atoms with Crippen LogP contribution in [0.25, 0.3) is 0 Å². The maximum Gasteiger partial charge on any atom is 0.317 e. The van der Waals surface area contributed by atoms with E-state index < -0.39 is 5.92 Å². The van der Waals surface area contributed by atoms with Crippen molar-refractivity contribution in [3.63, 3.8) is 0 Å². The van der Waals surface area contributed by atoms with Gasteiger partial charge in [-0.3, -0.25) is 9.59 Å². The van der Waals surface area contributed by atoms with Gasteiger partial charge in [0.1, 0.15) is 11.7 Å². The summed E-state index contributed by atoms with van der Waals surface area (Å²) in [5, 5.41) is 0. The fourth-order valence-electron chi connectivity index (χ4n) is 3.65. The SMILES string of the molecule is CC(C)COC(=O)[C@@H]1C(=O)C[C@@H](c2ccccc2)[C@@H]1c1ccccc1. The van der Waals surface area contributed by atoms with Gasteiger partial charge < -0.3 is 4.74 Å². The topological polar surface area (TPSA) is 43.4 Å². The van der Waals surface area contributed by atoms with E-state index in [1.807, 2.05) is 74.5 Å². The Morgan fingerprint density at radius 1 is 1.00 bits per heavy atom. The van der Waals surface area contributed by atoms with Crippen LogP contribution in [0.3, 0.4) is 0 Å². The van der Waals surface area contributed by atoms with Gasteiger partial charge in [-0.1, -0.05) is 74.5 Å². The molecule has 0 radical (unpaired) electrons. The summed E-state index contributed by atoms with van der Waals surface area (Å²) in [5.74, 6) is -1.03. The highest BCUT2D eigenvalue weighted by atomic mass is 16.5. The largest absolute Gasteiger partial charge is 0.465 e. The molecule has 3 heteroatoms. The molecule has 0 spiro atoms. The number of esters is 1. The van der Waals surface area contributed by atoms with Crippen LogP contribution in [0, 0.1) is 11.8 Å². The van der Waals surface area contributed by atoms with E-state index in [9.17, 15) is 9.59 Å². The molecule has 0 N–H and O–H groups in total. The van der Waals surface area contributed by atoms with Gasteiger partial charge in [-0.25, -0.2) is 0 Å². The van der Waals surface area contributed by atoms with Gasteiger partial charge in [0.05, 0.1) is 6.61 Å². The van der Waals surface area contributed by atoms with Gasteiger partial charge in [-0.2, -0.15) is 0 Å². The van der Waals surface area contributed by atoms with Crippen molar-refractivity contribution in [2.45, 2.75) is 32.1 Å². The molecular weight excluding hydrogens is 312 g/mol. The Kier molecular flexibility index (Phi) is 5.32. The summed E-state index contributed by atoms with van der Waals surface area (Å²) in [6, 6.07) is 19.9. The van der Waals surface area contributed by atoms with Crippen LogP contribution in [0.1, 0.15) is 43.2 Å². The predicted molar refractivity (Wildman–Crippen MR) is 97.3 cm³/mol. The molecule has 0 aliphatic heterocycles. The van der Waals surface area contributed by atoms with Crippen molar-refractivity contribution in [2.24, 2.45) is 11.8 Å². The van der Waals surface area contributed by atoms with E-state index in [4.69, 9.17) is 4.74 Å². The summed E-state index contributed by atoms with van der Waals surface area (Å²) in [4.78, 5) is 25.4. The second kappa shape index (κ2) is 7.64. The average Bonchev–Trinajstić information content (AvgIpc) is 2.98. The van der Waals surface area contributed by atoms with Crippen molar-refractivity contribution in [3.05, 3.63) is 71.8 Å². The second-order valence-corrected chi connectivity index (χ2v) is 7.13. The summed E-state index contributed by atoms with van der Waals surface area (Å²) >= 11 is 0. The van der Waals surface area contributed by atoms with Crippen LogP contribution in [0.2, 0.25) is 0 Å². The average molecular weight is 336 g/mol. The van der Waals surface area contributed by atoms with Crippen molar-refractivity contribution < 1.29 is 14.3 Å². The smallest absolute Gasteiger partial charge is 0.317 e. The number of hydrogen-bond donors (Lipinski definition) is 0. The fourth-order valence-corrected chi connectivity index (χ4v) is 3.65. The molecule has 1 fully saturated rings. The van der Waals surface area contributed by atoms with Crippen molar-refractivity contribution in [1.82, 2.24) is 0 Å². The highest BCUT2D eigenvalue weighted by Crippen LogP contribution is 2.48. The highest BCUT2D eigenvalue weighted by molar-refractivity contribution is 6.02. The molecule has 0 aromatic heterocycles. The van der Waals surface area contributed by atoms with Crippen LogP contribution in [0.15, 0.2) is 60.7 Å². The van der Waals surface area contributed by atoms with Crippen molar-refractivity contribution in [1.29, 1.82) is 0 Å². The lowest BCUT2D eigenvalue weighted by Gasteiger charge is -2.24. The molecule has 2 aromatic rings. The third-order valence-electron chi connectivity index (χ3n) is 4.79. The maximum atomic E-state index is 12.7. The van der Waals surface area contributed by atoms with E-state index >= 15 is 0 Å². The third-order valence-corrected chi connectivity index (χ3v) is 4.79. The van der Waals surface area contributed by atoms with Gasteiger partial charge in [0, 0.05) is 12.3 Å². The minimum absolute atomic E-state index is 0.00713. The molecule has 25 heavy (non-hydrogen) atoms. The Morgan fingerprint density at radius 3 is 2.12 bits per heavy atom. The van der Waals surface area contributed by atoms with E-state index in [1.54, 1.807) is 0 Å². The van der Waals surface area contributed by atoms with Gasteiger partial charge in [-0.05, 0) is 23.0 Å². The molecule has 0 unspecified atom stereocenters. The van der Waals surface area contributed by atoms with Crippen LogP contribution in [-0.4, -0.2) is 18.4 Å². The minimum Gasteiger partial charge on any atom is -0.465 e. The molecule has 3 nitrogen and oxygen atoms in total. The van der Waals surface area contributed by atoms with E-state index in [2.05, 4.69) is 0 Å². The van der Waals surface area contributed by atoms with Crippen molar-refractivity contribution in [3.8, 4) is 0 Å². The summed E-state index contributed by atoms with van der Waals surface area (Å²) in [6.45, 7) is 4.33. The number of hydrogen-bond acceptors (Lipinski definition) is 3. The fraction of sp³-hybridized carbons (Fsp3) is 0.364. The lowest BCUT2D eigenvalue weighted by Crippen LogP contribution is -2.28. The number of benzene rings is 2. The summed E-state index contributed by atoms with van der Waals surface area (Å²) in [6.07, 6.45) is 0.380. The van der Waals surface area contributed by atoms with Gasteiger partial charge in [-0.15, -0.1) is 0 Å². The van der Waals surface area contributed by atoms with Crippen molar-refractivity contribution >= 4 is 11.8 Å². The standard InChI is InChI=1S/C22H24O3/c1-15(2)14-25-22(24)21-19(23)13-18(16-9-5-3-6-10-16)20(21)17-11-7-4-8-12-17/h3-12,15,18,20-21H,13-14H2,1-2H3/t18-,20-,21+/m0/s1. The first kappa shape index (κ1) is 17.4. The van der Waals surface area contributed by atoms with Crippen LogP contribution < -0.4 is 0 Å². The normalized spacial score (nSPS) is 23.0. The van der Waals surface area contributed by atoms with Crippen LogP contribution in [-0.2, 0) is 14.3 Å². The summed E-state index contributed by atoms with van der Waals surface area (Å²) in [5.41, 5.74) is 2.12. The number of carbonyl (C=O) groups excluding carboxylic acids is 2. The third kappa shape index (κ3) is 3.81. The Hall–Kier alpha value is -2.42. The molecule has 3 rings (SSSR count). The Bertz CT molecular complexity index is 721. The molecule has 0 saturated heterocycles. The molecule has 2 aromatic carbocycles. The van der Waals surface area contributed by atoms with Crippen LogP contribution in [0.5, 0.6) is 0 Å². The van der Waals surface area contributed by atoms with Gasteiger partial charge in [0.15, 0.2) is 0 Å². The molecule has 1 aliphatic rings. The van der Waals surface area contributed by atoms with E-state index in [-0.39, 0.29) is 29.5 Å². The maximum absolute atomic E-state index is 12.7. The Balaban J connectivity index is 1.95. The molecular formula is C22H24O3. The van der Waals surface area contributed by atoms with E-state index in [0.29, 0.717) is 13.0 Å². The van der Waals surface area contributed by atoms with Gasteiger partial charge >= 0.3 is 5.97 Å². The molecule has 0 bridgehead atoms. The van der Waals surface area contributed by atoms with Gasteiger partial charge in [0.25, 0.3) is 0 Å². The van der Waals surface area contributed by atoms with Crippen LogP contribution >= 0.6 is 0 Å². The Morgan fingerprint density at radius 2 is 1.56 bits per heavy atom. The molecule has 1 saturated carbocycles. The highest BCUT2D eigenvalue weighted by Gasteiger charge is 2.48. The number of ketones is 1. The molecule has 130 valence electrons. The molecule has 0 amide bonds. The lowest BCUT2D eigenvalue weighted by molar-refractivity contribution is -0.152.